The van der Waals surface area contributed by atoms with Crippen molar-refractivity contribution in [2.75, 3.05) is 6.54 Å². The molecule has 2 aromatic rings. The van der Waals surface area contributed by atoms with Crippen LogP contribution in [-0.4, -0.2) is 48.3 Å². The summed E-state index contributed by atoms with van der Waals surface area (Å²) < 4.78 is 41.1. The van der Waals surface area contributed by atoms with Crippen LogP contribution in [0.15, 0.2) is 47.4 Å². The summed E-state index contributed by atoms with van der Waals surface area (Å²) in [5.41, 5.74) is 0.125. The molecular formula is C20H19Cl2FN2O5S. The van der Waals surface area contributed by atoms with Gasteiger partial charge in [0.15, 0.2) is 0 Å². The van der Waals surface area contributed by atoms with Gasteiger partial charge in [0, 0.05) is 23.0 Å². The lowest BCUT2D eigenvalue weighted by atomic mass is 10.0. The van der Waals surface area contributed by atoms with E-state index in [1.54, 1.807) is 6.07 Å². The highest BCUT2D eigenvalue weighted by atomic mass is 35.5. The van der Waals surface area contributed by atoms with Gasteiger partial charge in [0.1, 0.15) is 17.9 Å². The minimum Gasteiger partial charge on any atom is -0.480 e. The van der Waals surface area contributed by atoms with Gasteiger partial charge in [0.2, 0.25) is 15.9 Å². The van der Waals surface area contributed by atoms with Gasteiger partial charge in [-0.3, -0.25) is 4.79 Å². The first-order valence-electron chi connectivity index (χ1n) is 9.34. The largest absolute Gasteiger partial charge is 0.480 e. The van der Waals surface area contributed by atoms with E-state index in [4.69, 9.17) is 23.2 Å². The van der Waals surface area contributed by atoms with Gasteiger partial charge in [-0.25, -0.2) is 17.6 Å². The lowest BCUT2D eigenvalue weighted by molar-refractivity contribution is -0.142. The molecule has 1 saturated heterocycles. The number of carbonyl (C=O) groups is 2. The van der Waals surface area contributed by atoms with Crippen LogP contribution < -0.4 is 5.32 Å². The summed E-state index contributed by atoms with van der Waals surface area (Å²) in [7, 11) is -4.10. The average Bonchev–Trinajstić information content (AvgIpc) is 3.19. The fourth-order valence-electron chi connectivity index (χ4n) is 3.45. The van der Waals surface area contributed by atoms with Crippen LogP contribution in [0.4, 0.5) is 4.39 Å². The van der Waals surface area contributed by atoms with Gasteiger partial charge < -0.3 is 10.4 Å². The van der Waals surface area contributed by atoms with Crippen molar-refractivity contribution < 1.29 is 27.5 Å². The highest BCUT2D eigenvalue weighted by molar-refractivity contribution is 7.89. The monoisotopic (exact) mass is 488 g/mol. The Morgan fingerprint density at radius 3 is 2.45 bits per heavy atom. The van der Waals surface area contributed by atoms with E-state index in [1.807, 2.05) is 0 Å². The molecule has 0 bridgehead atoms. The number of carbonyl (C=O) groups excluding carboxylic acids is 1. The number of halogens is 3. The number of aliphatic carboxylic acids is 1. The number of benzene rings is 2. The lowest BCUT2D eigenvalue weighted by Gasteiger charge is -2.25. The minimum absolute atomic E-state index is 0.0790. The van der Waals surface area contributed by atoms with Crippen molar-refractivity contribution in [2.45, 2.75) is 36.2 Å². The predicted octanol–water partition coefficient (Wildman–Crippen LogP) is 3.10. The van der Waals surface area contributed by atoms with Crippen LogP contribution >= 0.6 is 23.2 Å². The summed E-state index contributed by atoms with van der Waals surface area (Å²) in [6.07, 6.45) is 0.346. The third-order valence-corrected chi connectivity index (χ3v) is 7.27. The Balaban J connectivity index is 1.81. The number of rotatable bonds is 7. The standard InChI is InChI=1S/C20H19Cl2FN2O5S/c21-13-9-14(22)11-15(10-13)31(29,30)25-7-3-6-18(25)19(26)24-17(20(27)28)8-12-4-1-2-5-16(12)23/h1-2,4-5,9-11,17-18H,3,6-8H2,(H,24,26)(H,27,28)/t17-,18-/m0/s1. The Morgan fingerprint density at radius 2 is 1.84 bits per heavy atom. The van der Waals surface area contributed by atoms with E-state index in [0.29, 0.717) is 6.42 Å². The van der Waals surface area contributed by atoms with Crippen molar-refractivity contribution in [1.29, 1.82) is 0 Å². The van der Waals surface area contributed by atoms with Crippen molar-refractivity contribution in [1.82, 2.24) is 9.62 Å². The van der Waals surface area contributed by atoms with Crippen molar-refractivity contribution in [3.8, 4) is 0 Å². The van der Waals surface area contributed by atoms with Crippen LogP contribution in [0.5, 0.6) is 0 Å². The molecule has 1 amide bonds. The third kappa shape index (κ3) is 5.35. The highest BCUT2D eigenvalue weighted by Gasteiger charge is 2.40. The van der Waals surface area contributed by atoms with Crippen molar-refractivity contribution in [3.05, 3.63) is 63.9 Å². The maximum absolute atomic E-state index is 13.9. The normalized spacial score (nSPS) is 18.0. The molecule has 2 atom stereocenters. The van der Waals surface area contributed by atoms with E-state index < -0.39 is 39.8 Å². The van der Waals surface area contributed by atoms with E-state index in [1.165, 1.54) is 36.4 Å². The number of nitrogens with zero attached hydrogens (tertiary/aromatic N) is 1. The van der Waals surface area contributed by atoms with Crippen LogP contribution in [-0.2, 0) is 26.0 Å². The molecule has 0 saturated carbocycles. The number of carboxylic acids is 1. The molecule has 166 valence electrons. The molecule has 0 aromatic heterocycles. The molecule has 7 nitrogen and oxygen atoms in total. The first kappa shape index (κ1) is 23.5. The van der Waals surface area contributed by atoms with Crippen LogP contribution in [0.1, 0.15) is 18.4 Å². The van der Waals surface area contributed by atoms with E-state index in [-0.39, 0.29) is 39.9 Å². The number of carboxylic acid groups (broad SMARTS) is 1. The molecule has 1 aliphatic heterocycles. The molecule has 3 rings (SSSR count). The molecule has 2 N–H and O–H groups in total. The molecule has 0 spiro atoms. The van der Waals surface area contributed by atoms with Crippen LogP contribution in [0.25, 0.3) is 0 Å². The zero-order chi connectivity index (χ0) is 22.8. The maximum atomic E-state index is 13.9. The molecule has 0 aliphatic carbocycles. The van der Waals surface area contributed by atoms with Crippen molar-refractivity contribution in [2.24, 2.45) is 0 Å². The summed E-state index contributed by atoms with van der Waals surface area (Å²) in [6.45, 7) is 0.0790. The molecule has 1 fully saturated rings. The summed E-state index contributed by atoms with van der Waals surface area (Å²) in [5, 5.41) is 12.1. The quantitative estimate of drug-likeness (QED) is 0.622. The smallest absolute Gasteiger partial charge is 0.326 e. The molecule has 31 heavy (non-hydrogen) atoms. The van der Waals surface area contributed by atoms with Gasteiger partial charge in [-0.1, -0.05) is 41.4 Å². The predicted molar refractivity (Wildman–Crippen MR) is 113 cm³/mol. The molecular weight excluding hydrogens is 470 g/mol. The highest BCUT2D eigenvalue weighted by Crippen LogP contribution is 2.30. The fraction of sp³-hybridized carbons (Fsp3) is 0.300. The average molecular weight is 489 g/mol. The Hall–Kier alpha value is -2.20. The second-order valence-corrected chi connectivity index (χ2v) is 9.84. The van der Waals surface area contributed by atoms with E-state index in [0.717, 1.165) is 4.31 Å². The molecule has 0 unspecified atom stereocenters. The molecule has 1 heterocycles. The summed E-state index contributed by atoms with van der Waals surface area (Å²) >= 11 is 11.8. The van der Waals surface area contributed by atoms with Gasteiger partial charge in [0.05, 0.1) is 4.90 Å². The second-order valence-electron chi connectivity index (χ2n) is 7.07. The van der Waals surface area contributed by atoms with E-state index in [2.05, 4.69) is 5.32 Å². The fourth-order valence-corrected chi connectivity index (χ4v) is 5.84. The zero-order valence-electron chi connectivity index (χ0n) is 16.1. The maximum Gasteiger partial charge on any atom is 0.326 e. The number of hydrogen-bond acceptors (Lipinski definition) is 4. The second kappa shape index (κ2) is 9.52. The molecule has 0 radical (unpaired) electrons. The van der Waals surface area contributed by atoms with E-state index >= 15 is 0 Å². The Kier molecular flexibility index (Phi) is 7.20. The molecule has 2 aromatic carbocycles. The van der Waals surface area contributed by atoms with Gasteiger partial charge in [0.25, 0.3) is 0 Å². The first-order valence-corrected chi connectivity index (χ1v) is 11.5. The molecule has 1 aliphatic rings. The minimum atomic E-state index is -4.10. The Morgan fingerprint density at radius 1 is 1.19 bits per heavy atom. The number of hydrogen-bond donors (Lipinski definition) is 2. The number of nitrogens with one attached hydrogen (secondary N) is 1. The number of sulfonamides is 1. The summed E-state index contributed by atoms with van der Waals surface area (Å²) in [5.74, 6) is -2.71. The van der Waals surface area contributed by atoms with Gasteiger partial charge in [-0.2, -0.15) is 4.31 Å². The topological polar surface area (TPSA) is 104 Å². The summed E-state index contributed by atoms with van der Waals surface area (Å²) in [6, 6.07) is 6.96. The summed E-state index contributed by atoms with van der Waals surface area (Å²) in [4.78, 5) is 24.3. The van der Waals surface area contributed by atoms with Gasteiger partial charge in [-0.05, 0) is 42.7 Å². The Bertz CT molecular complexity index is 1090. The van der Waals surface area contributed by atoms with Crippen LogP contribution in [0, 0.1) is 5.82 Å². The van der Waals surface area contributed by atoms with Gasteiger partial charge >= 0.3 is 5.97 Å². The first-order chi connectivity index (χ1) is 14.6. The zero-order valence-corrected chi connectivity index (χ0v) is 18.4. The lowest BCUT2D eigenvalue weighted by Crippen LogP contribution is -2.51. The van der Waals surface area contributed by atoms with E-state index in [9.17, 15) is 27.5 Å². The third-order valence-electron chi connectivity index (χ3n) is 4.95. The van der Waals surface area contributed by atoms with Crippen molar-refractivity contribution in [3.63, 3.8) is 0 Å². The van der Waals surface area contributed by atoms with Crippen LogP contribution in [0.2, 0.25) is 10.0 Å². The SMILES string of the molecule is O=C(O)[C@H](Cc1ccccc1F)NC(=O)[C@@H]1CCCN1S(=O)(=O)c1cc(Cl)cc(Cl)c1. The van der Waals surface area contributed by atoms with Crippen LogP contribution in [0.3, 0.4) is 0 Å². The van der Waals surface area contributed by atoms with Gasteiger partial charge in [-0.15, -0.1) is 0 Å². The Labute approximate surface area is 188 Å². The number of amides is 1. The molecule has 11 heteroatoms. The van der Waals surface area contributed by atoms with Crippen molar-refractivity contribution >= 4 is 45.1 Å².